The number of nitrogens with zero attached hydrogens (tertiary/aromatic N) is 2. The molecule has 128 valence electrons. The molecule has 2 heterocycles. The minimum Gasteiger partial charge on any atom is -0.350 e. The highest BCUT2D eigenvalue weighted by atomic mass is 16.2. The highest BCUT2D eigenvalue weighted by Gasteiger charge is 2.08. The lowest BCUT2D eigenvalue weighted by Gasteiger charge is -2.09. The summed E-state index contributed by atoms with van der Waals surface area (Å²) < 4.78 is 3.38. The summed E-state index contributed by atoms with van der Waals surface area (Å²) in [7, 11) is 1.83. The van der Waals surface area contributed by atoms with Gasteiger partial charge in [-0.05, 0) is 31.2 Å². The second kappa shape index (κ2) is 6.76. The topological polar surface area (TPSA) is 73.1 Å². The number of Topliss-reactive ketones (excluding diaryl/α,β-unsaturated/α-hetero) is 1. The summed E-state index contributed by atoms with van der Waals surface area (Å²) in [5, 5.41) is 3.69. The van der Waals surface area contributed by atoms with E-state index >= 15 is 0 Å². The molecule has 0 atom stereocenters. The lowest BCUT2D eigenvalue weighted by Crippen LogP contribution is -2.31. The number of ketones is 1. The molecular formula is C19H19N3O3. The van der Waals surface area contributed by atoms with Crippen LogP contribution in [0.5, 0.6) is 0 Å². The van der Waals surface area contributed by atoms with Crippen LogP contribution in [0.15, 0.2) is 53.6 Å². The maximum absolute atomic E-state index is 12.5. The zero-order chi connectivity index (χ0) is 18.0. The van der Waals surface area contributed by atoms with E-state index in [1.54, 1.807) is 39.6 Å². The standard InChI is InChI=1S/C19H19N3O3/c1-13(23)14-3-5-16(6-4-14)18(24)20-9-12-22-11-8-15-7-10-21(2)17(15)19(22)25/h3-8,10-11H,9,12H2,1-2H3,(H,20,24). The zero-order valence-corrected chi connectivity index (χ0v) is 14.2. The summed E-state index contributed by atoms with van der Waals surface area (Å²) >= 11 is 0. The monoisotopic (exact) mass is 337 g/mol. The number of nitrogens with one attached hydrogen (secondary N) is 1. The van der Waals surface area contributed by atoms with Crippen molar-refractivity contribution >= 4 is 22.6 Å². The van der Waals surface area contributed by atoms with Crippen molar-refractivity contribution < 1.29 is 9.59 Å². The van der Waals surface area contributed by atoms with Gasteiger partial charge in [0.15, 0.2) is 5.78 Å². The summed E-state index contributed by atoms with van der Waals surface area (Å²) in [6.07, 6.45) is 3.58. The van der Waals surface area contributed by atoms with Crippen LogP contribution in [0, 0.1) is 0 Å². The molecule has 0 fully saturated rings. The van der Waals surface area contributed by atoms with E-state index < -0.39 is 0 Å². The largest absolute Gasteiger partial charge is 0.350 e. The quantitative estimate of drug-likeness (QED) is 0.724. The number of carbonyl (C=O) groups excluding carboxylic acids is 2. The highest BCUT2D eigenvalue weighted by Crippen LogP contribution is 2.09. The molecular weight excluding hydrogens is 318 g/mol. The molecule has 6 nitrogen and oxygen atoms in total. The summed E-state index contributed by atoms with van der Waals surface area (Å²) in [6.45, 7) is 2.21. The Bertz CT molecular complexity index is 997. The third-order valence-electron chi connectivity index (χ3n) is 4.19. The van der Waals surface area contributed by atoms with E-state index in [0.29, 0.717) is 29.7 Å². The normalized spacial score (nSPS) is 10.8. The van der Waals surface area contributed by atoms with Crippen LogP contribution in [0.25, 0.3) is 10.9 Å². The number of carbonyl (C=O) groups is 2. The molecule has 0 unspecified atom stereocenters. The van der Waals surface area contributed by atoms with Gasteiger partial charge in [-0.25, -0.2) is 0 Å². The second-order valence-electron chi connectivity index (χ2n) is 5.93. The highest BCUT2D eigenvalue weighted by molar-refractivity contribution is 5.97. The Morgan fingerprint density at radius 3 is 2.32 bits per heavy atom. The SMILES string of the molecule is CC(=O)c1ccc(C(=O)NCCn2ccc3ccn(C)c3c2=O)cc1. The first-order valence-corrected chi connectivity index (χ1v) is 8.01. The third kappa shape index (κ3) is 3.38. The number of aryl methyl sites for hydroxylation is 1. The van der Waals surface area contributed by atoms with Gasteiger partial charge in [-0.1, -0.05) is 12.1 Å². The number of rotatable bonds is 5. The fourth-order valence-corrected chi connectivity index (χ4v) is 2.76. The number of hydrogen-bond acceptors (Lipinski definition) is 3. The van der Waals surface area contributed by atoms with E-state index in [1.807, 2.05) is 25.4 Å². The third-order valence-corrected chi connectivity index (χ3v) is 4.19. The lowest BCUT2D eigenvalue weighted by molar-refractivity contribution is 0.0950. The van der Waals surface area contributed by atoms with Gasteiger partial charge in [-0.15, -0.1) is 0 Å². The molecule has 0 bridgehead atoms. The van der Waals surface area contributed by atoms with Gasteiger partial charge in [-0.2, -0.15) is 0 Å². The van der Waals surface area contributed by atoms with Crippen molar-refractivity contribution in [3.63, 3.8) is 0 Å². The first kappa shape index (κ1) is 16.7. The molecule has 0 saturated heterocycles. The number of hydrogen-bond donors (Lipinski definition) is 1. The molecule has 1 N–H and O–H groups in total. The number of amides is 1. The summed E-state index contributed by atoms with van der Waals surface area (Å²) in [5.41, 5.74) is 1.62. The van der Waals surface area contributed by atoms with E-state index in [1.165, 1.54) is 6.92 Å². The predicted octanol–water partition coefficient (Wildman–Crippen LogP) is 1.97. The Balaban J connectivity index is 1.65. The van der Waals surface area contributed by atoms with Crippen LogP contribution in [0.4, 0.5) is 0 Å². The smallest absolute Gasteiger partial charge is 0.275 e. The van der Waals surface area contributed by atoms with Crippen molar-refractivity contribution in [3.8, 4) is 0 Å². The van der Waals surface area contributed by atoms with Crippen LogP contribution < -0.4 is 10.9 Å². The molecule has 0 radical (unpaired) electrons. The van der Waals surface area contributed by atoms with Gasteiger partial charge in [0.25, 0.3) is 11.5 Å². The molecule has 2 aromatic heterocycles. The van der Waals surface area contributed by atoms with Crippen molar-refractivity contribution in [1.29, 1.82) is 0 Å². The lowest BCUT2D eigenvalue weighted by atomic mass is 10.1. The predicted molar refractivity (Wildman–Crippen MR) is 96.0 cm³/mol. The molecule has 1 aromatic carbocycles. The molecule has 0 aliphatic carbocycles. The minimum absolute atomic E-state index is 0.0394. The fraction of sp³-hybridized carbons (Fsp3) is 0.211. The van der Waals surface area contributed by atoms with Gasteiger partial charge in [0.05, 0.1) is 0 Å². The van der Waals surface area contributed by atoms with Crippen LogP contribution in [0.2, 0.25) is 0 Å². The van der Waals surface area contributed by atoms with E-state index in [-0.39, 0.29) is 17.2 Å². The number of pyridine rings is 1. The van der Waals surface area contributed by atoms with Crippen LogP contribution in [0.3, 0.4) is 0 Å². The molecule has 0 aliphatic rings. The van der Waals surface area contributed by atoms with Crippen LogP contribution in [-0.4, -0.2) is 27.4 Å². The average molecular weight is 337 g/mol. The molecule has 0 spiro atoms. The van der Waals surface area contributed by atoms with Crippen LogP contribution in [-0.2, 0) is 13.6 Å². The Morgan fingerprint density at radius 2 is 1.64 bits per heavy atom. The van der Waals surface area contributed by atoms with Crippen LogP contribution in [0.1, 0.15) is 27.6 Å². The summed E-state index contributed by atoms with van der Waals surface area (Å²) in [6, 6.07) is 10.3. The van der Waals surface area contributed by atoms with Crippen molar-refractivity contribution in [2.24, 2.45) is 7.05 Å². The van der Waals surface area contributed by atoms with Gasteiger partial charge < -0.3 is 14.5 Å². The van der Waals surface area contributed by atoms with Gasteiger partial charge in [0, 0.05) is 49.0 Å². The van der Waals surface area contributed by atoms with Gasteiger partial charge >= 0.3 is 0 Å². The van der Waals surface area contributed by atoms with E-state index in [2.05, 4.69) is 5.32 Å². The van der Waals surface area contributed by atoms with Crippen LogP contribution >= 0.6 is 0 Å². The zero-order valence-electron chi connectivity index (χ0n) is 14.2. The Kier molecular flexibility index (Phi) is 4.52. The molecule has 0 aliphatic heterocycles. The summed E-state index contributed by atoms with van der Waals surface area (Å²) in [4.78, 5) is 35.8. The van der Waals surface area contributed by atoms with Crippen molar-refractivity contribution in [2.75, 3.05) is 6.54 Å². The number of fused-ring (bicyclic) bond motifs is 1. The molecule has 0 saturated carbocycles. The van der Waals surface area contributed by atoms with E-state index in [0.717, 1.165) is 5.39 Å². The molecule has 3 aromatic rings. The Morgan fingerprint density at radius 1 is 1.00 bits per heavy atom. The molecule has 3 rings (SSSR count). The second-order valence-corrected chi connectivity index (χ2v) is 5.93. The Labute approximate surface area is 144 Å². The van der Waals surface area contributed by atoms with Gasteiger partial charge in [-0.3, -0.25) is 14.4 Å². The molecule has 6 heteroatoms. The molecule has 25 heavy (non-hydrogen) atoms. The Hall–Kier alpha value is -3.15. The number of aromatic nitrogens is 2. The number of benzene rings is 1. The van der Waals surface area contributed by atoms with E-state index in [9.17, 15) is 14.4 Å². The maximum Gasteiger partial charge on any atom is 0.275 e. The van der Waals surface area contributed by atoms with Gasteiger partial charge in [0.2, 0.25) is 0 Å². The average Bonchev–Trinajstić information content (AvgIpc) is 2.98. The molecule has 1 amide bonds. The van der Waals surface area contributed by atoms with Gasteiger partial charge in [0.1, 0.15) is 5.52 Å². The van der Waals surface area contributed by atoms with Crippen molar-refractivity contribution in [2.45, 2.75) is 13.5 Å². The first-order chi connectivity index (χ1) is 12.0. The van der Waals surface area contributed by atoms with Crippen molar-refractivity contribution in [3.05, 3.63) is 70.3 Å². The fourth-order valence-electron chi connectivity index (χ4n) is 2.76. The van der Waals surface area contributed by atoms with E-state index in [4.69, 9.17) is 0 Å². The maximum atomic E-state index is 12.5. The summed E-state index contributed by atoms with van der Waals surface area (Å²) in [5.74, 6) is -0.273. The first-order valence-electron chi connectivity index (χ1n) is 8.01. The minimum atomic E-state index is -0.233. The van der Waals surface area contributed by atoms with Crippen molar-refractivity contribution in [1.82, 2.24) is 14.5 Å².